The number of ether oxygens (including phenoxy) is 1. The Balaban J connectivity index is 2.10. The summed E-state index contributed by atoms with van der Waals surface area (Å²) in [5, 5.41) is 27.5. The van der Waals surface area contributed by atoms with Gasteiger partial charge in [-0.25, -0.2) is 9.59 Å². The Labute approximate surface area is 178 Å². The second-order valence-corrected chi connectivity index (χ2v) is 7.36. The van der Waals surface area contributed by atoms with E-state index in [9.17, 15) is 24.6 Å². The van der Waals surface area contributed by atoms with Crippen LogP contribution < -0.4 is 16.0 Å². The molecule has 0 saturated heterocycles. The molecule has 3 atom stereocenters. The highest BCUT2D eigenvalue weighted by molar-refractivity contribution is 5.98. The summed E-state index contributed by atoms with van der Waals surface area (Å²) in [7, 11) is 1.25. The van der Waals surface area contributed by atoms with E-state index in [2.05, 4.69) is 25.7 Å². The molecule has 31 heavy (non-hydrogen) atoms. The highest BCUT2D eigenvalue weighted by Gasteiger charge is 2.25. The maximum atomic E-state index is 12.8. The van der Waals surface area contributed by atoms with Crippen LogP contribution in [-0.2, 0) is 9.53 Å². The lowest BCUT2D eigenvalue weighted by atomic mass is 9.94. The number of hydrogen-bond donors (Lipinski definition) is 5. The van der Waals surface area contributed by atoms with Crippen LogP contribution in [0.15, 0.2) is 36.5 Å². The maximum Gasteiger partial charge on any atom is 0.411 e. The number of aliphatic hydroxyl groups excluding tert-OH is 1. The van der Waals surface area contributed by atoms with E-state index >= 15 is 0 Å². The molecular weight excluding hydrogens is 404 g/mol. The molecule has 1 aliphatic rings. The van der Waals surface area contributed by atoms with Crippen molar-refractivity contribution in [3.8, 4) is 11.1 Å². The third-order valence-corrected chi connectivity index (χ3v) is 5.04. The molecule has 0 radical (unpaired) electrons. The first kappa shape index (κ1) is 22.0. The van der Waals surface area contributed by atoms with E-state index < -0.39 is 30.3 Å². The number of rotatable bonds is 2. The number of carbonyl (C=O) groups is 3. The van der Waals surface area contributed by atoms with E-state index in [1.54, 1.807) is 37.3 Å². The summed E-state index contributed by atoms with van der Waals surface area (Å²) < 4.78 is 4.61. The number of anilines is 2. The minimum absolute atomic E-state index is 0.0786. The van der Waals surface area contributed by atoms with Crippen molar-refractivity contribution in [1.82, 2.24) is 10.3 Å². The van der Waals surface area contributed by atoms with E-state index in [-0.39, 0.29) is 18.7 Å². The number of amides is 3. The van der Waals surface area contributed by atoms with Crippen LogP contribution in [0.1, 0.15) is 31.5 Å². The first-order chi connectivity index (χ1) is 14.8. The largest absolute Gasteiger partial charge is 0.465 e. The van der Waals surface area contributed by atoms with Crippen LogP contribution >= 0.6 is 0 Å². The molecule has 164 valence electrons. The standard InChI is InChI=1S/C21H24N4O6/c1-11-7-14(26)10-18(25-20(28)29)17-8-12(5-6-22-17)15-4-3-13(23-21(30)31-2)9-16(15)24-19(11)27/h3-6,8-9,11,14,18,25-26H,7,10H2,1-2H3,(H,23,30)(H,24,27)(H,28,29)/t11-,14?,18+/m1/s1. The number of benzene rings is 1. The topological polar surface area (TPSA) is 150 Å². The Hall–Kier alpha value is -3.66. The molecule has 3 amide bonds. The SMILES string of the molecule is COC(=O)Nc1ccc2c(c1)NC(=O)[C@H](C)CC(O)C[C@H](NC(=O)O)c1cc-2ccn1. The van der Waals surface area contributed by atoms with Crippen molar-refractivity contribution >= 4 is 29.5 Å². The minimum Gasteiger partial charge on any atom is -0.465 e. The molecule has 1 aromatic carbocycles. The van der Waals surface area contributed by atoms with Gasteiger partial charge in [-0.15, -0.1) is 0 Å². The summed E-state index contributed by atoms with van der Waals surface area (Å²) >= 11 is 0. The van der Waals surface area contributed by atoms with Crippen LogP contribution in [0, 0.1) is 5.92 Å². The molecule has 0 spiro atoms. The Morgan fingerprint density at radius 3 is 2.71 bits per heavy atom. The molecule has 10 nitrogen and oxygen atoms in total. The van der Waals surface area contributed by atoms with Crippen molar-refractivity contribution in [1.29, 1.82) is 0 Å². The predicted molar refractivity (Wildman–Crippen MR) is 113 cm³/mol. The Morgan fingerprint density at radius 1 is 1.23 bits per heavy atom. The summed E-state index contributed by atoms with van der Waals surface area (Å²) in [5.41, 5.74) is 2.66. The van der Waals surface area contributed by atoms with Gasteiger partial charge >= 0.3 is 12.2 Å². The number of aromatic nitrogens is 1. The van der Waals surface area contributed by atoms with Crippen molar-refractivity contribution in [3.63, 3.8) is 0 Å². The molecule has 5 N–H and O–H groups in total. The summed E-state index contributed by atoms with van der Waals surface area (Å²) in [5.74, 6) is -0.857. The van der Waals surface area contributed by atoms with Crippen LogP contribution in [-0.4, -0.2) is 46.5 Å². The van der Waals surface area contributed by atoms with Gasteiger partial charge in [0.15, 0.2) is 0 Å². The number of carbonyl (C=O) groups excluding carboxylic acids is 2. The maximum absolute atomic E-state index is 12.8. The minimum atomic E-state index is -1.23. The Kier molecular flexibility index (Phi) is 6.71. The third-order valence-electron chi connectivity index (χ3n) is 5.04. The van der Waals surface area contributed by atoms with Crippen molar-refractivity contribution in [2.45, 2.75) is 31.9 Å². The number of hydrogen-bond acceptors (Lipinski definition) is 6. The zero-order chi connectivity index (χ0) is 22.5. The molecule has 2 aromatic rings. The van der Waals surface area contributed by atoms with Crippen LogP contribution in [0.2, 0.25) is 0 Å². The average molecular weight is 428 g/mol. The number of carboxylic acid groups (broad SMARTS) is 1. The Morgan fingerprint density at radius 2 is 2.00 bits per heavy atom. The third kappa shape index (κ3) is 5.48. The average Bonchev–Trinajstić information content (AvgIpc) is 2.72. The molecule has 1 aromatic heterocycles. The van der Waals surface area contributed by atoms with Crippen LogP contribution in [0.5, 0.6) is 0 Å². The van der Waals surface area contributed by atoms with Gasteiger partial charge in [-0.1, -0.05) is 13.0 Å². The molecule has 10 heteroatoms. The molecule has 0 fully saturated rings. The molecule has 1 unspecified atom stereocenters. The van der Waals surface area contributed by atoms with Gasteiger partial charge in [-0.2, -0.15) is 0 Å². The number of nitrogens with zero attached hydrogens (tertiary/aromatic N) is 1. The summed E-state index contributed by atoms with van der Waals surface area (Å²) in [6.45, 7) is 1.68. The molecule has 1 aliphatic heterocycles. The monoisotopic (exact) mass is 428 g/mol. The predicted octanol–water partition coefficient (Wildman–Crippen LogP) is 2.96. The van der Waals surface area contributed by atoms with Crippen LogP contribution in [0.25, 0.3) is 11.1 Å². The van der Waals surface area contributed by atoms with Gasteiger partial charge in [0.2, 0.25) is 5.91 Å². The van der Waals surface area contributed by atoms with Gasteiger partial charge in [0, 0.05) is 23.4 Å². The van der Waals surface area contributed by atoms with Crippen molar-refractivity contribution in [3.05, 3.63) is 42.2 Å². The number of aliphatic hydroxyl groups is 1. The molecule has 0 saturated carbocycles. The quantitative estimate of drug-likeness (QED) is 0.493. The van der Waals surface area contributed by atoms with Crippen molar-refractivity contribution < 1.29 is 29.3 Å². The van der Waals surface area contributed by atoms with Crippen molar-refractivity contribution in [2.75, 3.05) is 17.7 Å². The van der Waals surface area contributed by atoms with Gasteiger partial charge < -0.3 is 25.6 Å². The molecule has 2 heterocycles. The lowest BCUT2D eigenvalue weighted by Gasteiger charge is -2.24. The first-order valence-electron chi connectivity index (χ1n) is 9.70. The van der Waals surface area contributed by atoms with Crippen LogP contribution in [0.3, 0.4) is 0 Å². The lowest BCUT2D eigenvalue weighted by molar-refractivity contribution is -0.120. The zero-order valence-electron chi connectivity index (χ0n) is 17.1. The number of pyridine rings is 1. The normalized spacial score (nSPS) is 20.9. The molecule has 2 bridgehead atoms. The van der Waals surface area contributed by atoms with Gasteiger partial charge in [0.25, 0.3) is 0 Å². The molecule has 0 aliphatic carbocycles. The number of nitrogens with one attached hydrogen (secondary N) is 3. The summed E-state index contributed by atoms with van der Waals surface area (Å²) in [6.07, 6.45) is -1.05. The fraction of sp³-hybridized carbons (Fsp3) is 0.333. The molecule has 3 rings (SSSR count). The highest BCUT2D eigenvalue weighted by Crippen LogP contribution is 2.33. The van der Waals surface area contributed by atoms with E-state index in [0.29, 0.717) is 28.2 Å². The van der Waals surface area contributed by atoms with Gasteiger partial charge in [-0.05, 0) is 42.7 Å². The highest BCUT2D eigenvalue weighted by atomic mass is 16.5. The lowest BCUT2D eigenvalue weighted by Crippen LogP contribution is -2.32. The smallest absolute Gasteiger partial charge is 0.411 e. The van der Waals surface area contributed by atoms with E-state index in [4.69, 9.17) is 0 Å². The fourth-order valence-corrected chi connectivity index (χ4v) is 3.49. The molecular formula is C21H24N4O6. The first-order valence-corrected chi connectivity index (χ1v) is 9.70. The second kappa shape index (κ2) is 9.43. The number of fused-ring (bicyclic) bond motifs is 4. The Bertz CT molecular complexity index is 996. The zero-order valence-corrected chi connectivity index (χ0v) is 17.1. The van der Waals surface area contributed by atoms with E-state index in [1.807, 2.05) is 0 Å². The summed E-state index contributed by atoms with van der Waals surface area (Å²) in [4.78, 5) is 39.9. The fourth-order valence-electron chi connectivity index (χ4n) is 3.49. The number of methoxy groups -OCH3 is 1. The van der Waals surface area contributed by atoms with E-state index in [0.717, 1.165) is 0 Å². The van der Waals surface area contributed by atoms with E-state index in [1.165, 1.54) is 13.3 Å². The van der Waals surface area contributed by atoms with Gasteiger partial charge in [-0.3, -0.25) is 15.1 Å². The van der Waals surface area contributed by atoms with Gasteiger partial charge in [0.05, 0.1) is 30.6 Å². The summed E-state index contributed by atoms with van der Waals surface area (Å²) in [6, 6.07) is 7.68. The van der Waals surface area contributed by atoms with Gasteiger partial charge in [0.1, 0.15) is 0 Å². The van der Waals surface area contributed by atoms with Crippen LogP contribution in [0.4, 0.5) is 21.0 Å². The second-order valence-electron chi connectivity index (χ2n) is 7.36. The van der Waals surface area contributed by atoms with Crippen molar-refractivity contribution in [2.24, 2.45) is 5.92 Å².